The van der Waals surface area contributed by atoms with Crippen molar-refractivity contribution in [3.05, 3.63) is 59.2 Å². The van der Waals surface area contributed by atoms with E-state index in [2.05, 4.69) is 0 Å². The molecule has 2 nitrogen and oxygen atoms in total. The first-order chi connectivity index (χ1) is 8.20. The summed E-state index contributed by atoms with van der Waals surface area (Å²) in [6.07, 6.45) is 0.838. The lowest BCUT2D eigenvalue weighted by molar-refractivity contribution is 0.112. The van der Waals surface area contributed by atoms with E-state index < -0.39 is 0 Å². The normalized spacial score (nSPS) is 10.0. The van der Waals surface area contributed by atoms with E-state index in [4.69, 9.17) is 4.74 Å². The van der Waals surface area contributed by atoms with Crippen LogP contribution < -0.4 is 4.74 Å². The van der Waals surface area contributed by atoms with Crippen molar-refractivity contribution in [1.29, 1.82) is 0 Å². The zero-order chi connectivity index (χ0) is 12.3. The van der Waals surface area contributed by atoms with Crippen molar-refractivity contribution < 1.29 is 9.53 Å². The van der Waals surface area contributed by atoms with E-state index in [0.29, 0.717) is 5.56 Å². The summed E-state index contributed by atoms with van der Waals surface area (Å²) in [5.41, 5.74) is 2.71. The maximum absolute atomic E-state index is 10.6. The van der Waals surface area contributed by atoms with E-state index in [0.717, 1.165) is 28.9 Å². The average Bonchev–Trinajstić information content (AvgIpc) is 2.34. The highest BCUT2D eigenvalue weighted by molar-refractivity contribution is 5.75. The molecular weight excluding hydrogens is 212 g/mol. The molecule has 0 aliphatic rings. The summed E-state index contributed by atoms with van der Waals surface area (Å²) in [6.45, 7) is 3.94. The number of carbonyl (C=O) groups is 1. The molecule has 0 aromatic heterocycles. The van der Waals surface area contributed by atoms with Gasteiger partial charge in [0.25, 0.3) is 0 Å². The number of benzene rings is 2. The van der Waals surface area contributed by atoms with Gasteiger partial charge in [-0.3, -0.25) is 4.79 Å². The van der Waals surface area contributed by atoms with Crippen LogP contribution in [0.4, 0.5) is 0 Å². The lowest BCUT2D eigenvalue weighted by atomic mass is 10.1. The third-order valence-electron chi connectivity index (χ3n) is 2.65. The minimum atomic E-state index is 0.666. The smallest absolute Gasteiger partial charge is 0.150 e. The van der Waals surface area contributed by atoms with Crippen LogP contribution in [0.1, 0.15) is 21.5 Å². The van der Waals surface area contributed by atoms with Crippen molar-refractivity contribution >= 4 is 6.29 Å². The molecule has 0 fully saturated rings. The molecule has 0 saturated heterocycles. The van der Waals surface area contributed by atoms with E-state index in [9.17, 15) is 4.79 Å². The molecule has 0 aliphatic heterocycles. The van der Waals surface area contributed by atoms with Crippen molar-refractivity contribution in [1.82, 2.24) is 0 Å². The molecule has 0 atom stereocenters. The number of aryl methyl sites for hydroxylation is 2. The molecule has 2 aromatic rings. The van der Waals surface area contributed by atoms with Gasteiger partial charge in [-0.2, -0.15) is 0 Å². The van der Waals surface area contributed by atoms with E-state index in [-0.39, 0.29) is 0 Å². The summed E-state index contributed by atoms with van der Waals surface area (Å²) in [4.78, 5) is 10.6. The Labute approximate surface area is 101 Å². The highest BCUT2D eigenvalue weighted by atomic mass is 16.5. The number of rotatable bonds is 3. The van der Waals surface area contributed by atoms with Gasteiger partial charge < -0.3 is 4.74 Å². The van der Waals surface area contributed by atoms with Crippen molar-refractivity contribution in [3.8, 4) is 11.5 Å². The zero-order valence-corrected chi connectivity index (χ0v) is 9.94. The Morgan fingerprint density at radius 1 is 0.941 bits per heavy atom. The Morgan fingerprint density at radius 2 is 1.65 bits per heavy atom. The maximum atomic E-state index is 10.6. The Bertz CT molecular complexity index is 544. The Morgan fingerprint density at radius 3 is 2.29 bits per heavy atom. The molecule has 0 spiro atoms. The van der Waals surface area contributed by atoms with Crippen LogP contribution in [-0.2, 0) is 0 Å². The van der Waals surface area contributed by atoms with E-state index >= 15 is 0 Å². The van der Waals surface area contributed by atoms with Crippen LogP contribution >= 0.6 is 0 Å². The van der Waals surface area contributed by atoms with Gasteiger partial charge in [0.05, 0.1) is 0 Å². The largest absolute Gasteiger partial charge is 0.457 e. The van der Waals surface area contributed by atoms with Crippen LogP contribution in [0.5, 0.6) is 11.5 Å². The molecule has 2 aromatic carbocycles. The van der Waals surface area contributed by atoms with Crippen LogP contribution in [0, 0.1) is 13.8 Å². The van der Waals surface area contributed by atoms with Gasteiger partial charge in [0.1, 0.15) is 17.8 Å². The van der Waals surface area contributed by atoms with Gasteiger partial charge >= 0.3 is 0 Å². The summed E-state index contributed by atoms with van der Waals surface area (Å²) >= 11 is 0. The lowest BCUT2D eigenvalue weighted by Gasteiger charge is -2.10. The molecule has 0 aliphatic carbocycles. The SMILES string of the molecule is Cc1ccccc1Oc1ccc(C=O)cc1C. The molecule has 86 valence electrons. The number of hydrogen-bond acceptors (Lipinski definition) is 2. The Balaban J connectivity index is 2.31. The summed E-state index contributed by atoms with van der Waals surface area (Å²) in [6, 6.07) is 13.3. The van der Waals surface area contributed by atoms with Gasteiger partial charge in [0.15, 0.2) is 0 Å². The van der Waals surface area contributed by atoms with Gasteiger partial charge in [-0.1, -0.05) is 18.2 Å². The Hall–Kier alpha value is -2.09. The first kappa shape index (κ1) is 11.4. The third-order valence-corrected chi connectivity index (χ3v) is 2.65. The standard InChI is InChI=1S/C15H14O2/c1-11-5-3-4-6-14(11)17-15-8-7-13(10-16)9-12(15)2/h3-10H,1-2H3. The van der Waals surface area contributed by atoms with E-state index in [1.807, 2.05) is 50.2 Å². The average molecular weight is 226 g/mol. The second-order valence-corrected chi connectivity index (χ2v) is 4.01. The highest BCUT2D eigenvalue weighted by Gasteiger charge is 2.04. The minimum absolute atomic E-state index is 0.666. The summed E-state index contributed by atoms with van der Waals surface area (Å²) < 4.78 is 5.82. The quantitative estimate of drug-likeness (QED) is 0.742. The predicted molar refractivity (Wildman–Crippen MR) is 67.8 cm³/mol. The first-order valence-corrected chi connectivity index (χ1v) is 5.50. The minimum Gasteiger partial charge on any atom is -0.457 e. The third kappa shape index (κ3) is 2.53. The van der Waals surface area contributed by atoms with Gasteiger partial charge in [-0.05, 0) is 49.2 Å². The van der Waals surface area contributed by atoms with Crippen molar-refractivity contribution in [2.24, 2.45) is 0 Å². The number of ether oxygens (including phenoxy) is 1. The van der Waals surface area contributed by atoms with E-state index in [1.54, 1.807) is 6.07 Å². The van der Waals surface area contributed by atoms with Crippen LogP contribution in [0.3, 0.4) is 0 Å². The highest BCUT2D eigenvalue weighted by Crippen LogP contribution is 2.27. The molecule has 0 amide bonds. The van der Waals surface area contributed by atoms with Crippen molar-refractivity contribution in [2.75, 3.05) is 0 Å². The van der Waals surface area contributed by atoms with Gasteiger partial charge in [-0.15, -0.1) is 0 Å². The fourth-order valence-electron chi connectivity index (χ4n) is 1.65. The van der Waals surface area contributed by atoms with Crippen molar-refractivity contribution in [2.45, 2.75) is 13.8 Å². The Kier molecular flexibility index (Phi) is 3.24. The van der Waals surface area contributed by atoms with Crippen LogP contribution in [0.25, 0.3) is 0 Å². The molecule has 0 heterocycles. The molecule has 17 heavy (non-hydrogen) atoms. The number of aldehydes is 1. The predicted octanol–water partition coefficient (Wildman–Crippen LogP) is 3.91. The number of para-hydroxylation sites is 1. The second kappa shape index (κ2) is 4.83. The summed E-state index contributed by atoms with van der Waals surface area (Å²) in [5.74, 6) is 1.62. The topological polar surface area (TPSA) is 26.3 Å². The second-order valence-electron chi connectivity index (χ2n) is 4.01. The van der Waals surface area contributed by atoms with Gasteiger partial charge in [0, 0.05) is 5.56 Å². The first-order valence-electron chi connectivity index (χ1n) is 5.50. The molecule has 2 rings (SSSR count). The van der Waals surface area contributed by atoms with Crippen LogP contribution in [0.15, 0.2) is 42.5 Å². The summed E-state index contributed by atoms with van der Waals surface area (Å²) in [7, 11) is 0. The maximum Gasteiger partial charge on any atom is 0.150 e. The van der Waals surface area contributed by atoms with Gasteiger partial charge in [-0.25, -0.2) is 0 Å². The molecule has 0 N–H and O–H groups in total. The lowest BCUT2D eigenvalue weighted by Crippen LogP contribution is -1.91. The molecular formula is C15H14O2. The molecule has 0 saturated carbocycles. The monoisotopic (exact) mass is 226 g/mol. The molecule has 0 radical (unpaired) electrons. The van der Waals surface area contributed by atoms with E-state index in [1.165, 1.54) is 0 Å². The fourth-order valence-corrected chi connectivity index (χ4v) is 1.65. The zero-order valence-electron chi connectivity index (χ0n) is 9.94. The van der Waals surface area contributed by atoms with Crippen LogP contribution in [0.2, 0.25) is 0 Å². The van der Waals surface area contributed by atoms with Gasteiger partial charge in [0.2, 0.25) is 0 Å². The van der Waals surface area contributed by atoms with Crippen LogP contribution in [-0.4, -0.2) is 6.29 Å². The van der Waals surface area contributed by atoms with Crippen molar-refractivity contribution in [3.63, 3.8) is 0 Å². The number of carbonyl (C=O) groups excluding carboxylic acids is 1. The summed E-state index contributed by atoms with van der Waals surface area (Å²) in [5, 5.41) is 0. The molecule has 0 bridgehead atoms. The fraction of sp³-hybridized carbons (Fsp3) is 0.133. The molecule has 2 heteroatoms. The number of hydrogen-bond donors (Lipinski definition) is 0. The molecule has 0 unspecified atom stereocenters.